The van der Waals surface area contributed by atoms with Crippen LogP contribution in [0.1, 0.15) is 30.6 Å². The predicted molar refractivity (Wildman–Crippen MR) is 85.2 cm³/mol. The zero-order valence-electron chi connectivity index (χ0n) is 13.5. The third kappa shape index (κ3) is 4.07. The minimum Gasteiger partial charge on any atom is -0.484 e. The molecule has 5 heteroatoms. The zero-order chi connectivity index (χ0) is 16.1. The van der Waals surface area contributed by atoms with Gasteiger partial charge in [0.1, 0.15) is 5.75 Å². The second-order valence-corrected chi connectivity index (χ2v) is 5.76. The average Bonchev–Trinajstić information content (AvgIpc) is 2.54. The van der Waals surface area contributed by atoms with Crippen molar-refractivity contribution in [2.24, 2.45) is 0 Å². The van der Waals surface area contributed by atoms with Crippen LogP contribution in [0.3, 0.4) is 0 Å². The molecule has 0 radical (unpaired) electrons. The first-order chi connectivity index (χ1) is 10.5. The van der Waals surface area contributed by atoms with Crippen LogP contribution in [0.4, 0.5) is 0 Å². The molecule has 0 bridgehead atoms. The zero-order valence-corrected chi connectivity index (χ0v) is 13.5. The molecule has 22 heavy (non-hydrogen) atoms. The molecular formula is C17H24N2O3. The number of nitrogens with zero attached hydrogens (tertiary/aromatic N) is 2. The van der Waals surface area contributed by atoms with Crippen molar-refractivity contribution < 1.29 is 14.3 Å². The van der Waals surface area contributed by atoms with Crippen LogP contribution in [0.5, 0.6) is 5.75 Å². The molecule has 1 aromatic carbocycles. The van der Waals surface area contributed by atoms with E-state index < -0.39 is 0 Å². The fourth-order valence-corrected chi connectivity index (χ4v) is 2.45. The molecule has 0 saturated carbocycles. The lowest BCUT2D eigenvalue weighted by molar-refractivity contribution is -0.135. The van der Waals surface area contributed by atoms with E-state index in [1.165, 1.54) is 0 Å². The van der Waals surface area contributed by atoms with Gasteiger partial charge in [-0.2, -0.15) is 0 Å². The van der Waals surface area contributed by atoms with Crippen molar-refractivity contribution in [3.05, 3.63) is 29.8 Å². The SMILES string of the molecule is CCC(=O)c1ccc(OCC(=O)N2CCN(C)[C@H](C)C2)cc1. The first kappa shape index (κ1) is 16.5. The molecule has 0 spiro atoms. The summed E-state index contributed by atoms with van der Waals surface area (Å²) >= 11 is 0. The number of rotatable bonds is 5. The molecule has 1 saturated heterocycles. The van der Waals surface area contributed by atoms with Crippen LogP contribution in [0.25, 0.3) is 0 Å². The monoisotopic (exact) mass is 304 g/mol. The Morgan fingerprint density at radius 3 is 2.50 bits per heavy atom. The van der Waals surface area contributed by atoms with Crippen molar-refractivity contribution in [3.8, 4) is 5.75 Å². The van der Waals surface area contributed by atoms with E-state index in [2.05, 4.69) is 18.9 Å². The van der Waals surface area contributed by atoms with Crippen molar-refractivity contribution in [2.75, 3.05) is 33.3 Å². The lowest BCUT2D eigenvalue weighted by atomic mass is 10.1. The van der Waals surface area contributed by atoms with E-state index in [-0.39, 0.29) is 18.3 Å². The van der Waals surface area contributed by atoms with Crippen molar-refractivity contribution in [1.82, 2.24) is 9.80 Å². The molecule has 0 aromatic heterocycles. The summed E-state index contributed by atoms with van der Waals surface area (Å²) in [5.41, 5.74) is 0.675. The fraction of sp³-hybridized carbons (Fsp3) is 0.529. The van der Waals surface area contributed by atoms with Crippen LogP contribution in [0, 0.1) is 0 Å². The van der Waals surface area contributed by atoms with Gasteiger partial charge in [-0.3, -0.25) is 9.59 Å². The standard InChI is InChI=1S/C17H24N2O3/c1-4-16(20)14-5-7-15(8-6-14)22-12-17(21)19-10-9-18(3)13(2)11-19/h5-8,13H,4,9-12H2,1-3H3/t13-/m1/s1. The van der Waals surface area contributed by atoms with Gasteiger partial charge in [0.05, 0.1) is 0 Å². The maximum Gasteiger partial charge on any atom is 0.260 e. The Hall–Kier alpha value is -1.88. The van der Waals surface area contributed by atoms with Gasteiger partial charge in [-0.1, -0.05) is 6.92 Å². The topological polar surface area (TPSA) is 49.9 Å². The number of ketones is 1. The van der Waals surface area contributed by atoms with Gasteiger partial charge in [0.15, 0.2) is 12.4 Å². The summed E-state index contributed by atoms with van der Waals surface area (Å²) in [7, 11) is 2.07. The largest absolute Gasteiger partial charge is 0.484 e. The number of hydrogen-bond donors (Lipinski definition) is 0. The highest BCUT2D eigenvalue weighted by Crippen LogP contribution is 2.14. The quantitative estimate of drug-likeness (QED) is 0.779. The number of likely N-dealkylation sites (N-methyl/N-ethyl adjacent to an activating group) is 1. The Morgan fingerprint density at radius 1 is 1.23 bits per heavy atom. The van der Waals surface area contributed by atoms with E-state index in [9.17, 15) is 9.59 Å². The van der Waals surface area contributed by atoms with E-state index in [0.717, 1.165) is 19.6 Å². The molecule has 1 heterocycles. The maximum atomic E-state index is 12.2. The second-order valence-electron chi connectivity index (χ2n) is 5.76. The Kier molecular flexibility index (Phi) is 5.55. The highest BCUT2D eigenvalue weighted by molar-refractivity contribution is 5.95. The van der Waals surface area contributed by atoms with Crippen molar-refractivity contribution in [3.63, 3.8) is 0 Å². The summed E-state index contributed by atoms with van der Waals surface area (Å²) in [6.07, 6.45) is 0.486. The predicted octanol–water partition coefficient (Wildman–Crippen LogP) is 1.82. The number of carbonyl (C=O) groups excluding carboxylic acids is 2. The lowest BCUT2D eigenvalue weighted by Gasteiger charge is -2.37. The van der Waals surface area contributed by atoms with Gasteiger partial charge in [-0.15, -0.1) is 0 Å². The van der Waals surface area contributed by atoms with E-state index >= 15 is 0 Å². The molecule has 1 aliphatic heterocycles. The van der Waals surface area contributed by atoms with Crippen LogP contribution >= 0.6 is 0 Å². The summed E-state index contributed by atoms with van der Waals surface area (Å²) in [5, 5.41) is 0. The summed E-state index contributed by atoms with van der Waals surface area (Å²) in [4.78, 5) is 27.8. The Morgan fingerprint density at radius 2 is 1.91 bits per heavy atom. The second kappa shape index (κ2) is 7.40. The third-order valence-corrected chi connectivity index (χ3v) is 4.17. The molecule has 0 N–H and O–H groups in total. The molecule has 1 aromatic rings. The maximum absolute atomic E-state index is 12.2. The average molecular weight is 304 g/mol. The molecule has 1 aliphatic rings. The highest BCUT2D eigenvalue weighted by atomic mass is 16.5. The van der Waals surface area contributed by atoms with E-state index in [1.54, 1.807) is 24.3 Å². The Bertz CT molecular complexity index is 527. The third-order valence-electron chi connectivity index (χ3n) is 4.17. The number of hydrogen-bond acceptors (Lipinski definition) is 4. The van der Waals surface area contributed by atoms with Gasteiger partial charge < -0.3 is 14.5 Å². The van der Waals surface area contributed by atoms with Crippen LogP contribution < -0.4 is 4.74 Å². The van der Waals surface area contributed by atoms with Gasteiger partial charge in [0.25, 0.3) is 5.91 Å². The number of piperazine rings is 1. The van der Waals surface area contributed by atoms with Gasteiger partial charge >= 0.3 is 0 Å². The molecule has 0 aliphatic carbocycles. The lowest BCUT2D eigenvalue weighted by Crippen LogP contribution is -2.53. The van der Waals surface area contributed by atoms with Gasteiger partial charge in [-0.05, 0) is 38.2 Å². The summed E-state index contributed by atoms with van der Waals surface area (Å²) in [5.74, 6) is 0.728. The minimum atomic E-state index is 0.00802. The number of ether oxygens (including phenoxy) is 1. The molecular weight excluding hydrogens is 280 g/mol. The summed E-state index contributed by atoms with van der Waals surface area (Å²) in [6.45, 7) is 6.36. The Balaban J connectivity index is 1.85. The van der Waals surface area contributed by atoms with E-state index in [1.807, 2.05) is 11.8 Å². The number of Topliss-reactive ketones (excluding diaryl/α,β-unsaturated/α-hetero) is 1. The van der Waals surface area contributed by atoms with Crippen LogP contribution in [-0.2, 0) is 4.79 Å². The molecule has 1 amide bonds. The molecule has 120 valence electrons. The number of amides is 1. The minimum absolute atomic E-state index is 0.00802. The van der Waals surface area contributed by atoms with E-state index in [0.29, 0.717) is 23.8 Å². The number of carbonyl (C=O) groups is 2. The fourth-order valence-electron chi connectivity index (χ4n) is 2.45. The number of benzene rings is 1. The van der Waals surface area contributed by atoms with Gasteiger partial charge in [-0.25, -0.2) is 0 Å². The normalized spacial score (nSPS) is 19.0. The van der Waals surface area contributed by atoms with E-state index in [4.69, 9.17) is 4.74 Å². The summed E-state index contributed by atoms with van der Waals surface area (Å²) < 4.78 is 5.54. The van der Waals surface area contributed by atoms with Gasteiger partial charge in [0.2, 0.25) is 0 Å². The molecule has 0 unspecified atom stereocenters. The van der Waals surface area contributed by atoms with Crippen LogP contribution in [0.15, 0.2) is 24.3 Å². The van der Waals surface area contributed by atoms with Crippen LogP contribution in [0.2, 0.25) is 0 Å². The first-order valence-electron chi connectivity index (χ1n) is 7.75. The molecule has 1 fully saturated rings. The first-order valence-corrected chi connectivity index (χ1v) is 7.75. The van der Waals surface area contributed by atoms with Crippen molar-refractivity contribution >= 4 is 11.7 Å². The Labute approximate surface area is 131 Å². The van der Waals surface area contributed by atoms with Gasteiger partial charge in [0, 0.05) is 37.7 Å². The van der Waals surface area contributed by atoms with Crippen molar-refractivity contribution in [1.29, 1.82) is 0 Å². The molecule has 5 nitrogen and oxygen atoms in total. The highest BCUT2D eigenvalue weighted by Gasteiger charge is 2.24. The molecule has 1 atom stereocenters. The molecule has 2 rings (SSSR count). The van der Waals surface area contributed by atoms with Crippen molar-refractivity contribution in [2.45, 2.75) is 26.3 Å². The van der Waals surface area contributed by atoms with Crippen LogP contribution in [-0.4, -0.2) is 60.8 Å². The smallest absolute Gasteiger partial charge is 0.260 e. The summed E-state index contributed by atoms with van der Waals surface area (Å²) in [6, 6.07) is 7.33.